The molecule has 3 aromatic rings. The molecule has 1 aromatic heterocycles. The molecule has 0 aliphatic heterocycles. The van der Waals surface area contributed by atoms with E-state index in [1.807, 2.05) is 59.7 Å². The third-order valence-electron chi connectivity index (χ3n) is 2.88. The highest BCUT2D eigenvalue weighted by molar-refractivity contribution is 5.81. The van der Waals surface area contributed by atoms with E-state index in [-0.39, 0.29) is 0 Å². The summed E-state index contributed by atoms with van der Waals surface area (Å²) in [6.07, 6.45) is 13.0. The molecule has 33 heavy (non-hydrogen) atoms. The monoisotopic (exact) mass is 465 g/mol. The minimum Gasteiger partial charge on any atom is -0.265 e. The predicted molar refractivity (Wildman–Crippen MR) is 146 cm³/mol. The quantitative estimate of drug-likeness (QED) is 0.322. The Hall–Kier alpha value is -2.88. The van der Waals surface area contributed by atoms with Crippen LogP contribution in [0, 0.1) is 0 Å². The van der Waals surface area contributed by atoms with E-state index in [9.17, 15) is 13.2 Å². The molecule has 0 unspecified atom stereocenters. The largest absolute Gasteiger partial charge is 0.265 e. The molecule has 1 heterocycles. The van der Waals surface area contributed by atoms with E-state index >= 15 is 0 Å². The topological polar surface area (TPSA) is 12.9 Å². The van der Waals surface area contributed by atoms with E-state index in [0.29, 0.717) is 21.5 Å². The Balaban J connectivity index is -0.000000100. The molecule has 0 amide bonds. The van der Waals surface area contributed by atoms with Crippen molar-refractivity contribution in [3.63, 3.8) is 0 Å². The molecular formula is C29H46F3N. The summed E-state index contributed by atoms with van der Waals surface area (Å²) in [6.45, 7) is 12.0. The number of halogens is 3. The second-order valence-electron chi connectivity index (χ2n) is 4.46. The number of hydrogen-bond acceptors (Lipinski definition) is 1. The van der Waals surface area contributed by atoms with Gasteiger partial charge >= 0.3 is 0 Å². The summed E-state index contributed by atoms with van der Waals surface area (Å²) in [5, 5.41) is 2.62. The van der Waals surface area contributed by atoms with Gasteiger partial charge in [0.1, 0.15) is 0 Å². The lowest BCUT2D eigenvalue weighted by molar-refractivity contribution is 0.635. The molecule has 1 aliphatic rings. The van der Waals surface area contributed by atoms with Crippen LogP contribution in [0.4, 0.5) is 13.2 Å². The first-order chi connectivity index (χ1) is 16.5. The lowest BCUT2D eigenvalue weighted by Gasteiger charge is -1.92. The van der Waals surface area contributed by atoms with Crippen LogP contribution in [0.5, 0.6) is 0 Å². The van der Waals surface area contributed by atoms with Crippen molar-refractivity contribution >= 4 is 10.8 Å². The second kappa shape index (κ2) is 47.1. The number of allylic oxidation sites excluding steroid dienone is 4. The molecule has 1 nitrogen and oxygen atoms in total. The van der Waals surface area contributed by atoms with Crippen LogP contribution in [0.2, 0.25) is 0 Å². The third kappa shape index (κ3) is 31.4. The SMILES string of the molecule is C1=CCC=C1.CC.CC.CC.CF.CF.CF.c1ccc2ccccc2c1.c1ccncc1. The number of pyridine rings is 1. The fourth-order valence-corrected chi connectivity index (χ4v) is 1.84. The van der Waals surface area contributed by atoms with Gasteiger partial charge in [0.2, 0.25) is 0 Å². The van der Waals surface area contributed by atoms with Crippen molar-refractivity contribution < 1.29 is 13.2 Å². The molecule has 0 fully saturated rings. The van der Waals surface area contributed by atoms with Crippen molar-refractivity contribution in [2.75, 3.05) is 21.5 Å². The Bertz CT molecular complexity index is 597. The third-order valence-corrected chi connectivity index (χ3v) is 2.88. The van der Waals surface area contributed by atoms with Crippen LogP contribution >= 0.6 is 0 Å². The highest BCUT2D eigenvalue weighted by Crippen LogP contribution is 2.11. The van der Waals surface area contributed by atoms with Crippen LogP contribution in [-0.2, 0) is 0 Å². The summed E-state index contributed by atoms with van der Waals surface area (Å²) in [6, 6.07) is 22.4. The number of alkyl halides is 3. The highest BCUT2D eigenvalue weighted by Gasteiger charge is 1.85. The van der Waals surface area contributed by atoms with Crippen molar-refractivity contribution in [2.45, 2.75) is 48.0 Å². The molecule has 0 saturated carbocycles. The zero-order valence-corrected chi connectivity index (χ0v) is 22.1. The van der Waals surface area contributed by atoms with Crippen LogP contribution in [0.1, 0.15) is 48.0 Å². The molecule has 0 atom stereocenters. The molecule has 0 radical (unpaired) electrons. The zero-order chi connectivity index (χ0) is 26.6. The fraction of sp³-hybridized carbons (Fsp3) is 0.345. The molecule has 4 rings (SSSR count). The molecular weight excluding hydrogens is 419 g/mol. The van der Waals surface area contributed by atoms with Crippen molar-refractivity contribution in [1.82, 2.24) is 4.98 Å². The molecule has 1 aliphatic carbocycles. The first-order valence-corrected chi connectivity index (χ1v) is 11.2. The number of fused-ring (bicyclic) bond motifs is 1. The van der Waals surface area contributed by atoms with E-state index in [1.165, 1.54) is 10.8 Å². The number of hydrogen-bond donors (Lipinski definition) is 0. The second-order valence-corrected chi connectivity index (χ2v) is 4.46. The van der Waals surface area contributed by atoms with Gasteiger partial charge in [-0.15, -0.1) is 0 Å². The first-order valence-electron chi connectivity index (χ1n) is 11.2. The maximum atomic E-state index is 9.50. The normalized spacial score (nSPS) is 8.24. The van der Waals surface area contributed by atoms with Crippen LogP contribution < -0.4 is 0 Å². The lowest BCUT2D eigenvalue weighted by Crippen LogP contribution is -1.67. The average molecular weight is 466 g/mol. The maximum Gasteiger partial charge on any atom is 0.0785 e. The number of aromatic nitrogens is 1. The van der Waals surface area contributed by atoms with Crippen molar-refractivity contribution in [3.05, 3.63) is 103 Å². The van der Waals surface area contributed by atoms with Gasteiger partial charge in [0.05, 0.1) is 21.5 Å². The summed E-state index contributed by atoms with van der Waals surface area (Å²) in [4.78, 5) is 3.78. The Morgan fingerprint density at radius 1 is 0.485 bits per heavy atom. The van der Waals surface area contributed by atoms with E-state index < -0.39 is 0 Å². The average Bonchev–Trinajstić information content (AvgIpc) is 3.57. The summed E-state index contributed by atoms with van der Waals surface area (Å²) >= 11 is 0. The smallest absolute Gasteiger partial charge is 0.0785 e. The van der Waals surface area contributed by atoms with Gasteiger partial charge in [0, 0.05) is 12.4 Å². The summed E-state index contributed by atoms with van der Waals surface area (Å²) in [5.41, 5.74) is 0. The minimum absolute atomic E-state index is 0.500. The maximum absolute atomic E-state index is 9.50. The van der Waals surface area contributed by atoms with Gasteiger partial charge in [-0.1, -0.05) is 120 Å². The molecule has 2 aromatic carbocycles. The number of benzene rings is 2. The van der Waals surface area contributed by atoms with Gasteiger partial charge in [-0.25, -0.2) is 0 Å². The minimum atomic E-state index is 0.500. The van der Waals surface area contributed by atoms with Crippen LogP contribution in [0.3, 0.4) is 0 Å². The van der Waals surface area contributed by atoms with Crippen molar-refractivity contribution in [1.29, 1.82) is 0 Å². The molecule has 0 bridgehead atoms. The molecule has 0 N–H and O–H groups in total. The first kappa shape index (κ1) is 40.5. The van der Waals surface area contributed by atoms with Crippen LogP contribution in [-0.4, -0.2) is 26.5 Å². The highest BCUT2D eigenvalue weighted by atomic mass is 19.1. The van der Waals surface area contributed by atoms with Crippen molar-refractivity contribution in [3.8, 4) is 0 Å². The van der Waals surface area contributed by atoms with E-state index in [0.717, 1.165) is 6.42 Å². The van der Waals surface area contributed by atoms with Gasteiger partial charge in [-0.3, -0.25) is 18.2 Å². The zero-order valence-electron chi connectivity index (χ0n) is 22.1. The molecule has 0 spiro atoms. The van der Waals surface area contributed by atoms with E-state index in [2.05, 4.69) is 77.8 Å². The fourth-order valence-electron chi connectivity index (χ4n) is 1.84. The lowest BCUT2D eigenvalue weighted by atomic mass is 10.1. The Labute approximate surface area is 202 Å². The van der Waals surface area contributed by atoms with Crippen LogP contribution in [0.15, 0.2) is 103 Å². The van der Waals surface area contributed by atoms with E-state index in [1.54, 1.807) is 12.4 Å². The van der Waals surface area contributed by atoms with Crippen LogP contribution in [0.25, 0.3) is 10.8 Å². The van der Waals surface area contributed by atoms with Gasteiger partial charge in [-0.2, -0.15) is 0 Å². The Morgan fingerprint density at radius 3 is 0.939 bits per heavy atom. The van der Waals surface area contributed by atoms with Gasteiger partial charge in [0.25, 0.3) is 0 Å². The van der Waals surface area contributed by atoms with E-state index in [4.69, 9.17) is 0 Å². The summed E-state index contributed by atoms with van der Waals surface area (Å²) in [5.74, 6) is 0. The standard InChI is InChI=1S/C10H8.C5H5N.C5H6.3C2H6.3CH3F/c1-2-6-10-8-4-3-7-9(10)5-1;1-2-4-6-5-3-1;1-2-4-5-3-1;6*1-2/h1-8H;1-5H;1-4H,5H2;3*1-2H3;3*1H3. The van der Waals surface area contributed by atoms with Gasteiger partial charge in [0.15, 0.2) is 0 Å². The predicted octanol–water partition coefficient (Wildman–Crippen LogP) is 10.3. The van der Waals surface area contributed by atoms with Gasteiger partial charge in [-0.05, 0) is 29.3 Å². The molecule has 4 heteroatoms. The summed E-state index contributed by atoms with van der Waals surface area (Å²) in [7, 11) is 1.50. The summed E-state index contributed by atoms with van der Waals surface area (Å²) < 4.78 is 28.5. The molecule has 188 valence electrons. The Kier molecular flexibility index (Phi) is 57.7. The van der Waals surface area contributed by atoms with Gasteiger partial charge < -0.3 is 0 Å². The Morgan fingerprint density at radius 2 is 0.788 bits per heavy atom. The van der Waals surface area contributed by atoms with Crippen molar-refractivity contribution in [2.24, 2.45) is 0 Å². The molecule has 0 saturated heterocycles. The number of nitrogens with zero attached hydrogens (tertiary/aromatic N) is 1. The number of rotatable bonds is 0.